The van der Waals surface area contributed by atoms with Crippen molar-refractivity contribution >= 4 is 17.7 Å². The molecule has 0 spiro atoms. The van der Waals surface area contributed by atoms with Gasteiger partial charge in [-0.3, -0.25) is 0 Å². The molecule has 10 heteroatoms. The lowest BCUT2D eigenvalue weighted by Crippen LogP contribution is -2.43. The van der Waals surface area contributed by atoms with Crippen LogP contribution in [0.3, 0.4) is 0 Å². The van der Waals surface area contributed by atoms with Gasteiger partial charge in [-0.15, -0.1) is 10.2 Å². The average Bonchev–Trinajstić information content (AvgIpc) is 3.21. The summed E-state index contributed by atoms with van der Waals surface area (Å²) in [5.41, 5.74) is -0.0713. The second-order valence-electron chi connectivity index (χ2n) is 8.59. The first-order chi connectivity index (χ1) is 14.1. The van der Waals surface area contributed by atoms with Crippen LogP contribution in [0.25, 0.3) is 11.4 Å². The zero-order valence-electron chi connectivity index (χ0n) is 17.6. The molecule has 1 fully saturated rings. The van der Waals surface area contributed by atoms with Crippen LogP contribution in [-0.4, -0.2) is 55.7 Å². The molecule has 1 aromatic carbocycles. The second-order valence-corrected chi connectivity index (χ2v) is 8.59. The minimum atomic E-state index is -1.44. The molecule has 0 aliphatic carbocycles. The molecule has 1 aromatic heterocycles. The molecule has 0 atom stereocenters. The molecule has 1 aliphatic heterocycles. The highest BCUT2D eigenvalue weighted by Crippen LogP contribution is 2.35. The van der Waals surface area contributed by atoms with E-state index in [0.29, 0.717) is 19.0 Å². The lowest BCUT2D eigenvalue weighted by Gasteiger charge is -2.38. The Morgan fingerprint density at radius 3 is 2.50 bits per heavy atom. The molecule has 2 aromatic rings. The number of piperidine rings is 1. The number of tetrazole rings is 1. The number of carbonyl (C=O) groups excluding carboxylic acids is 1. The number of urea groups is 1. The first-order valence-corrected chi connectivity index (χ1v) is 10.0. The predicted molar refractivity (Wildman–Crippen MR) is 109 cm³/mol. The number of aromatic carboxylic acids is 1. The van der Waals surface area contributed by atoms with Crippen molar-refractivity contribution < 1.29 is 19.1 Å². The number of halogens is 1. The normalized spacial score (nSPS) is 15.3. The summed E-state index contributed by atoms with van der Waals surface area (Å²) in [6.07, 6.45) is 2.01. The fraction of sp³-hybridized carbons (Fsp3) is 0.550. The third-order valence-corrected chi connectivity index (χ3v) is 5.77. The number of H-pyrrole nitrogens is 1. The van der Waals surface area contributed by atoms with Crippen molar-refractivity contribution in [3.05, 3.63) is 23.0 Å². The fourth-order valence-corrected chi connectivity index (χ4v) is 3.95. The lowest BCUT2D eigenvalue weighted by atomic mass is 9.75. The maximum absolute atomic E-state index is 15.1. The summed E-state index contributed by atoms with van der Waals surface area (Å²) in [5.74, 6) is -1.88. The van der Waals surface area contributed by atoms with Gasteiger partial charge in [0.1, 0.15) is 11.4 Å². The predicted octanol–water partition coefficient (Wildman–Crippen LogP) is 3.56. The first-order valence-electron chi connectivity index (χ1n) is 10.0. The van der Waals surface area contributed by atoms with E-state index < -0.39 is 17.3 Å². The van der Waals surface area contributed by atoms with Gasteiger partial charge in [-0.25, -0.2) is 14.0 Å². The van der Waals surface area contributed by atoms with Gasteiger partial charge in [0.05, 0.1) is 0 Å². The van der Waals surface area contributed by atoms with Crippen molar-refractivity contribution in [2.24, 2.45) is 11.3 Å². The van der Waals surface area contributed by atoms with Crippen LogP contribution >= 0.6 is 0 Å². The van der Waals surface area contributed by atoms with E-state index in [1.807, 2.05) is 0 Å². The highest BCUT2D eigenvalue weighted by atomic mass is 19.1. The Balaban J connectivity index is 1.89. The first kappa shape index (κ1) is 21.7. The number of rotatable bonds is 4. The number of aromatic nitrogens is 4. The van der Waals surface area contributed by atoms with E-state index in [9.17, 15) is 14.7 Å². The quantitative estimate of drug-likeness (QED) is 0.697. The molecule has 0 radical (unpaired) electrons. The van der Waals surface area contributed by atoms with Crippen LogP contribution in [0.2, 0.25) is 0 Å². The number of hydrogen-bond donors (Lipinski definition) is 3. The highest BCUT2D eigenvalue weighted by Gasteiger charge is 2.31. The minimum Gasteiger partial charge on any atom is -0.478 e. The Morgan fingerprint density at radius 1 is 1.33 bits per heavy atom. The SMILES string of the molecule is CCc1c(NC(=O)N2CCC(C(C)(C)C)CC2)cc(-c2nn[nH]n2)c(C(=O)O)c1F. The number of anilines is 1. The number of aromatic amines is 1. The number of carboxylic acid groups (broad SMARTS) is 1. The number of amides is 2. The third kappa shape index (κ3) is 4.27. The van der Waals surface area contributed by atoms with Crippen LogP contribution in [0.15, 0.2) is 6.07 Å². The lowest BCUT2D eigenvalue weighted by molar-refractivity contribution is 0.0692. The van der Waals surface area contributed by atoms with Crippen LogP contribution < -0.4 is 5.32 Å². The van der Waals surface area contributed by atoms with E-state index in [-0.39, 0.29) is 40.5 Å². The molecule has 0 saturated carbocycles. The summed E-state index contributed by atoms with van der Waals surface area (Å²) in [6.45, 7) is 9.53. The van der Waals surface area contributed by atoms with Crippen LogP contribution in [0, 0.1) is 17.2 Å². The van der Waals surface area contributed by atoms with Crippen molar-refractivity contribution in [2.45, 2.75) is 47.0 Å². The molecule has 30 heavy (non-hydrogen) atoms. The number of nitrogens with one attached hydrogen (secondary N) is 2. The fourth-order valence-electron chi connectivity index (χ4n) is 3.95. The van der Waals surface area contributed by atoms with Gasteiger partial charge in [-0.1, -0.05) is 27.7 Å². The van der Waals surface area contributed by atoms with E-state index >= 15 is 4.39 Å². The molecular formula is C20H27FN6O3. The van der Waals surface area contributed by atoms with Gasteiger partial charge in [0.25, 0.3) is 0 Å². The Labute approximate surface area is 174 Å². The minimum absolute atomic E-state index is 0.0484. The number of likely N-dealkylation sites (tertiary alicyclic amines) is 1. The Morgan fingerprint density at radius 2 is 2.00 bits per heavy atom. The van der Waals surface area contributed by atoms with E-state index in [2.05, 4.69) is 46.7 Å². The molecular weight excluding hydrogens is 391 g/mol. The number of carboxylic acids is 1. The molecule has 3 N–H and O–H groups in total. The summed E-state index contributed by atoms with van der Waals surface area (Å²) < 4.78 is 15.1. The van der Waals surface area contributed by atoms with Crippen molar-refractivity contribution in [3.8, 4) is 11.4 Å². The molecule has 2 heterocycles. The van der Waals surface area contributed by atoms with Crippen LogP contribution in [0.4, 0.5) is 14.9 Å². The summed E-state index contributed by atoms with van der Waals surface area (Å²) >= 11 is 0. The summed E-state index contributed by atoms with van der Waals surface area (Å²) in [7, 11) is 0. The van der Waals surface area contributed by atoms with Crippen LogP contribution in [-0.2, 0) is 6.42 Å². The molecule has 1 aliphatic rings. The summed E-state index contributed by atoms with van der Waals surface area (Å²) in [6, 6.07) is 1.06. The molecule has 1 saturated heterocycles. The number of carbonyl (C=O) groups is 2. The van der Waals surface area contributed by atoms with E-state index in [4.69, 9.17) is 0 Å². The number of nitrogens with zero attached hydrogens (tertiary/aromatic N) is 4. The van der Waals surface area contributed by atoms with Gasteiger partial charge in [0.15, 0.2) is 0 Å². The highest BCUT2D eigenvalue weighted by molar-refractivity contribution is 5.99. The van der Waals surface area contributed by atoms with Crippen molar-refractivity contribution in [1.29, 1.82) is 0 Å². The van der Waals surface area contributed by atoms with Gasteiger partial charge in [-0.2, -0.15) is 5.21 Å². The molecule has 162 valence electrons. The summed E-state index contributed by atoms with van der Waals surface area (Å²) in [4.78, 5) is 26.2. The Bertz CT molecular complexity index is 931. The molecule has 9 nitrogen and oxygen atoms in total. The number of hydrogen-bond acceptors (Lipinski definition) is 5. The van der Waals surface area contributed by atoms with Gasteiger partial charge in [0, 0.05) is 29.9 Å². The monoisotopic (exact) mass is 418 g/mol. The standard InChI is InChI=1S/C20H27FN6O3/c1-5-12-14(22-19(30)27-8-6-11(7-9-27)20(2,3)4)10-13(17-23-25-26-24-17)15(16(12)21)18(28)29/h10-11H,5-9H2,1-4H3,(H,22,30)(H,28,29)(H,23,24,25,26). The molecule has 0 unspecified atom stereocenters. The van der Waals surface area contributed by atoms with Crippen LogP contribution in [0.1, 0.15) is 56.5 Å². The smallest absolute Gasteiger partial charge is 0.339 e. The Kier molecular flexibility index (Phi) is 6.04. The maximum Gasteiger partial charge on any atom is 0.339 e. The van der Waals surface area contributed by atoms with Crippen molar-refractivity contribution in [3.63, 3.8) is 0 Å². The molecule has 0 bridgehead atoms. The topological polar surface area (TPSA) is 124 Å². The summed E-state index contributed by atoms with van der Waals surface area (Å²) in [5, 5.41) is 25.5. The van der Waals surface area contributed by atoms with Gasteiger partial charge in [0.2, 0.25) is 5.82 Å². The van der Waals surface area contributed by atoms with Gasteiger partial charge < -0.3 is 15.3 Å². The van der Waals surface area contributed by atoms with Crippen molar-refractivity contribution in [1.82, 2.24) is 25.5 Å². The number of benzene rings is 1. The largest absolute Gasteiger partial charge is 0.478 e. The zero-order chi connectivity index (χ0) is 22.1. The Hall–Kier alpha value is -3.04. The van der Waals surface area contributed by atoms with E-state index in [1.54, 1.807) is 11.8 Å². The van der Waals surface area contributed by atoms with Gasteiger partial charge >= 0.3 is 12.0 Å². The molecule has 2 amide bonds. The maximum atomic E-state index is 15.1. The zero-order valence-corrected chi connectivity index (χ0v) is 17.6. The van der Waals surface area contributed by atoms with Crippen molar-refractivity contribution in [2.75, 3.05) is 18.4 Å². The molecule has 3 rings (SSSR count). The van der Waals surface area contributed by atoms with E-state index in [0.717, 1.165) is 12.8 Å². The average molecular weight is 418 g/mol. The third-order valence-electron chi connectivity index (χ3n) is 5.77. The second kappa shape index (κ2) is 8.37. The van der Waals surface area contributed by atoms with Gasteiger partial charge in [-0.05, 0) is 41.9 Å². The van der Waals surface area contributed by atoms with Crippen LogP contribution in [0.5, 0.6) is 0 Å². The van der Waals surface area contributed by atoms with E-state index in [1.165, 1.54) is 6.07 Å².